The molecule has 1 saturated heterocycles. The molecule has 258 valence electrons. The molecule has 48 heavy (non-hydrogen) atoms. The second kappa shape index (κ2) is 17.2. The number of carbonyl (C=O) groups excluding carboxylic acids is 4. The number of benzene rings is 2. The van der Waals surface area contributed by atoms with Crippen molar-refractivity contribution in [3.63, 3.8) is 0 Å². The van der Waals surface area contributed by atoms with E-state index in [0.29, 0.717) is 24.3 Å². The van der Waals surface area contributed by atoms with Crippen molar-refractivity contribution < 1.29 is 28.7 Å². The highest BCUT2D eigenvalue weighted by molar-refractivity contribution is 7.14. The Kier molecular flexibility index (Phi) is 13.1. The molecular weight excluding hydrogens is 630 g/mol. The number of carbonyl (C=O) groups is 4. The van der Waals surface area contributed by atoms with Gasteiger partial charge < -0.3 is 25.4 Å². The first-order valence-electron chi connectivity index (χ1n) is 16.5. The number of hydrogen-bond donors (Lipinski definition) is 3. The zero-order valence-electron chi connectivity index (χ0n) is 28.4. The minimum Gasteiger partial charge on any atom is -0.492 e. The van der Waals surface area contributed by atoms with Gasteiger partial charge in [-0.05, 0) is 70.0 Å². The molecule has 0 radical (unpaired) electrons. The lowest BCUT2D eigenvalue weighted by Gasteiger charge is -2.28. The summed E-state index contributed by atoms with van der Waals surface area (Å²) in [6.45, 7) is 12.3. The maximum absolute atomic E-state index is 14.1. The van der Waals surface area contributed by atoms with Crippen molar-refractivity contribution in [2.75, 3.05) is 31.6 Å². The van der Waals surface area contributed by atoms with Crippen LogP contribution in [0.5, 0.6) is 5.75 Å². The monoisotopic (exact) mass is 677 g/mol. The van der Waals surface area contributed by atoms with Gasteiger partial charge in [-0.1, -0.05) is 62.7 Å². The number of alkyl carbamates (subject to hydrolysis) is 1. The van der Waals surface area contributed by atoms with Crippen LogP contribution in [0, 0.1) is 0 Å². The van der Waals surface area contributed by atoms with Crippen LogP contribution in [-0.2, 0) is 14.3 Å². The number of ether oxygens (including phenoxy) is 2. The molecule has 0 saturated carbocycles. The Labute approximate surface area is 286 Å². The first-order chi connectivity index (χ1) is 22.9. The van der Waals surface area contributed by atoms with Gasteiger partial charge in [-0.25, -0.2) is 9.78 Å². The van der Waals surface area contributed by atoms with E-state index >= 15 is 0 Å². The molecule has 3 amide bonds. The zero-order valence-corrected chi connectivity index (χ0v) is 29.2. The number of likely N-dealkylation sites (tertiary alicyclic amines) is 1. The fourth-order valence-corrected chi connectivity index (χ4v) is 6.10. The molecule has 2 aromatic carbocycles. The topological polar surface area (TPSA) is 139 Å². The van der Waals surface area contributed by atoms with E-state index in [9.17, 15) is 19.2 Å². The first-order valence-corrected chi connectivity index (χ1v) is 17.4. The first kappa shape index (κ1) is 36.5. The van der Waals surface area contributed by atoms with Gasteiger partial charge in [0.15, 0.2) is 10.9 Å². The summed E-state index contributed by atoms with van der Waals surface area (Å²) in [6, 6.07) is 14.0. The second-order valence-electron chi connectivity index (χ2n) is 12.9. The maximum Gasteiger partial charge on any atom is 0.408 e. The van der Waals surface area contributed by atoms with Gasteiger partial charge in [-0.3, -0.25) is 19.3 Å². The van der Waals surface area contributed by atoms with Crippen molar-refractivity contribution in [2.24, 2.45) is 0 Å². The molecular formula is C36H47N5O6S. The number of piperidine rings is 1. The summed E-state index contributed by atoms with van der Waals surface area (Å²) >= 11 is 1.13. The molecule has 1 fully saturated rings. The van der Waals surface area contributed by atoms with E-state index in [1.165, 1.54) is 19.3 Å². The van der Waals surface area contributed by atoms with Crippen molar-refractivity contribution in [3.05, 3.63) is 76.8 Å². The quantitative estimate of drug-likeness (QED) is 0.174. The Morgan fingerprint density at radius 1 is 0.917 bits per heavy atom. The SMILES string of the molecule is CCC(=O)c1csc(NC(=O)C(NC(=O)[C@H](NC(=O)OC(C)(C)C)c2ccc(OCCN3CCCCC3)cc2)C(C)c2ccccc2)n1. The van der Waals surface area contributed by atoms with Crippen LogP contribution in [0.3, 0.4) is 0 Å². The molecule has 1 aliphatic rings. The fraction of sp³-hybridized carbons (Fsp3) is 0.472. The van der Waals surface area contributed by atoms with Gasteiger partial charge in [-0.15, -0.1) is 11.3 Å². The van der Waals surface area contributed by atoms with Crippen molar-refractivity contribution in [1.29, 1.82) is 0 Å². The van der Waals surface area contributed by atoms with E-state index in [1.807, 2.05) is 37.3 Å². The summed E-state index contributed by atoms with van der Waals surface area (Å²) in [5, 5.41) is 10.2. The molecule has 1 aromatic heterocycles. The zero-order chi connectivity index (χ0) is 34.7. The smallest absolute Gasteiger partial charge is 0.408 e. The lowest BCUT2D eigenvalue weighted by Crippen LogP contribution is -2.51. The molecule has 0 aliphatic carbocycles. The predicted molar refractivity (Wildman–Crippen MR) is 186 cm³/mol. The van der Waals surface area contributed by atoms with Crippen LogP contribution in [0.25, 0.3) is 0 Å². The Morgan fingerprint density at radius 2 is 1.60 bits per heavy atom. The maximum atomic E-state index is 14.1. The standard InChI is InChI=1S/C36H47N5O6S/c1-6-29(42)28-23-48-34(37-28)40-32(43)30(24(2)25-13-9-7-10-14-25)38-33(44)31(39-35(45)47-36(3,4)5)26-15-17-27(18-16-26)46-22-21-41-19-11-8-12-20-41/h7,9-10,13-18,23-24,30-31H,6,8,11-12,19-22H2,1-5H3,(H,38,44)(H,39,45)(H,37,40,43)/t24?,30?,31-/m1/s1. The predicted octanol–water partition coefficient (Wildman–Crippen LogP) is 6.09. The summed E-state index contributed by atoms with van der Waals surface area (Å²) in [5.74, 6) is -1.08. The number of thiazole rings is 1. The number of rotatable bonds is 14. The molecule has 3 atom stereocenters. The Morgan fingerprint density at radius 3 is 2.25 bits per heavy atom. The number of amides is 3. The molecule has 3 N–H and O–H groups in total. The van der Waals surface area contributed by atoms with Crippen molar-refractivity contribution in [1.82, 2.24) is 20.5 Å². The summed E-state index contributed by atoms with van der Waals surface area (Å²) in [7, 11) is 0. The number of nitrogens with one attached hydrogen (secondary N) is 3. The Balaban J connectivity index is 1.54. The van der Waals surface area contributed by atoms with E-state index in [2.05, 4.69) is 25.8 Å². The average molecular weight is 678 g/mol. The lowest BCUT2D eigenvalue weighted by molar-refractivity contribution is -0.128. The van der Waals surface area contributed by atoms with Crippen LogP contribution < -0.4 is 20.7 Å². The van der Waals surface area contributed by atoms with Crippen LogP contribution in [0.15, 0.2) is 60.0 Å². The third kappa shape index (κ3) is 10.9. The van der Waals surface area contributed by atoms with Gasteiger partial charge in [0.25, 0.3) is 0 Å². The van der Waals surface area contributed by atoms with Gasteiger partial charge in [0.1, 0.15) is 35.7 Å². The van der Waals surface area contributed by atoms with Crippen LogP contribution in [0.1, 0.15) is 93.9 Å². The van der Waals surface area contributed by atoms with E-state index < -0.39 is 41.5 Å². The highest BCUT2D eigenvalue weighted by atomic mass is 32.1. The average Bonchev–Trinajstić information content (AvgIpc) is 3.54. The summed E-state index contributed by atoms with van der Waals surface area (Å²) in [6.07, 6.45) is 3.20. The second-order valence-corrected chi connectivity index (χ2v) is 13.7. The van der Waals surface area contributed by atoms with Gasteiger partial charge in [0, 0.05) is 24.3 Å². The Hall–Kier alpha value is -4.29. The van der Waals surface area contributed by atoms with E-state index in [0.717, 1.165) is 36.5 Å². The largest absolute Gasteiger partial charge is 0.492 e. The number of hydrogen-bond acceptors (Lipinski definition) is 9. The number of ketones is 1. The Bertz CT molecular complexity index is 1520. The molecule has 1 aliphatic heterocycles. The highest BCUT2D eigenvalue weighted by Crippen LogP contribution is 2.25. The van der Waals surface area contributed by atoms with E-state index in [-0.39, 0.29) is 16.6 Å². The number of anilines is 1. The van der Waals surface area contributed by atoms with Gasteiger partial charge >= 0.3 is 6.09 Å². The van der Waals surface area contributed by atoms with Crippen molar-refractivity contribution >= 4 is 40.2 Å². The van der Waals surface area contributed by atoms with E-state index in [1.54, 1.807) is 57.3 Å². The van der Waals surface area contributed by atoms with Gasteiger partial charge in [-0.2, -0.15) is 0 Å². The van der Waals surface area contributed by atoms with Crippen LogP contribution >= 0.6 is 11.3 Å². The molecule has 12 heteroatoms. The van der Waals surface area contributed by atoms with Crippen molar-refractivity contribution in [3.8, 4) is 5.75 Å². The summed E-state index contributed by atoms with van der Waals surface area (Å²) in [5.41, 5.74) is 0.778. The number of nitrogens with zero attached hydrogens (tertiary/aromatic N) is 2. The van der Waals surface area contributed by atoms with Crippen LogP contribution in [-0.4, -0.2) is 71.5 Å². The van der Waals surface area contributed by atoms with E-state index in [4.69, 9.17) is 9.47 Å². The molecule has 0 bridgehead atoms. The summed E-state index contributed by atoms with van der Waals surface area (Å²) < 4.78 is 11.5. The normalized spacial score (nSPS) is 15.4. The molecule has 2 heterocycles. The van der Waals surface area contributed by atoms with Gasteiger partial charge in [0.2, 0.25) is 11.8 Å². The lowest BCUT2D eigenvalue weighted by atomic mass is 9.92. The minimum absolute atomic E-state index is 0.135. The number of Topliss-reactive ketones (excluding diaryl/α,β-unsaturated/α-hetero) is 1. The van der Waals surface area contributed by atoms with Gasteiger partial charge in [0.05, 0.1) is 0 Å². The third-order valence-corrected chi connectivity index (χ3v) is 8.77. The fourth-order valence-electron chi connectivity index (χ4n) is 5.38. The van der Waals surface area contributed by atoms with Crippen molar-refractivity contribution in [2.45, 2.75) is 83.9 Å². The summed E-state index contributed by atoms with van der Waals surface area (Å²) in [4.78, 5) is 59.6. The van der Waals surface area contributed by atoms with Crippen LogP contribution in [0.2, 0.25) is 0 Å². The number of aromatic nitrogens is 1. The molecule has 2 unspecified atom stereocenters. The highest BCUT2D eigenvalue weighted by Gasteiger charge is 2.33. The van der Waals surface area contributed by atoms with Crippen LogP contribution in [0.4, 0.5) is 9.93 Å². The minimum atomic E-state index is -1.19. The molecule has 4 rings (SSSR count). The molecule has 11 nitrogen and oxygen atoms in total. The molecule has 0 spiro atoms. The molecule has 3 aromatic rings. The third-order valence-electron chi connectivity index (χ3n) is 8.01.